The molecule has 2 fully saturated rings. The third-order valence-electron chi connectivity index (χ3n) is 7.99. The maximum Gasteiger partial charge on any atom is 0.338 e. The number of carbonyl (C=O) groups is 1. The van der Waals surface area contributed by atoms with Gasteiger partial charge >= 0.3 is 5.97 Å². The number of hydrogen-bond acceptors (Lipinski definition) is 4. The summed E-state index contributed by atoms with van der Waals surface area (Å²) >= 11 is 0. The number of aliphatic hydroxyl groups excluding tert-OH is 2. The van der Waals surface area contributed by atoms with Crippen LogP contribution in [0, 0.1) is 30.4 Å². The minimum Gasteiger partial charge on any atom is -0.487 e. The summed E-state index contributed by atoms with van der Waals surface area (Å²) in [6.45, 7) is 1.72. The second-order valence-electron chi connectivity index (χ2n) is 9.86. The van der Waals surface area contributed by atoms with Crippen LogP contribution in [0.3, 0.4) is 0 Å². The first kappa shape index (κ1) is 23.0. The number of hydrogen-bond donors (Lipinski definition) is 3. The van der Waals surface area contributed by atoms with Crippen LogP contribution in [0.2, 0.25) is 0 Å². The van der Waals surface area contributed by atoms with E-state index >= 15 is 0 Å². The van der Waals surface area contributed by atoms with Crippen molar-refractivity contribution in [2.75, 3.05) is 0 Å². The van der Waals surface area contributed by atoms with Gasteiger partial charge in [-0.1, -0.05) is 30.4 Å². The first-order chi connectivity index (χ1) is 16.2. The van der Waals surface area contributed by atoms with E-state index in [0.29, 0.717) is 30.4 Å². The van der Waals surface area contributed by atoms with Gasteiger partial charge in [0.05, 0.1) is 17.8 Å². The Bertz CT molecular complexity index is 1160. The van der Waals surface area contributed by atoms with Crippen molar-refractivity contribution < 1.29 is 33.6 Å². The molecule has 3 aliphatic rings. The molecule has 2 aliphatic carbocycles. The summed E-state index contributed by atoms with van der Waals surface area (Å²) in [6, 6.07) is 7.78. The van der Waals surface area contributed by atoms with Gasteiger partial charge in [0.2, 0.25) is 0 Å². The summed E-state index contributed by atoms with van der Waals surface area (Å²) in [5.74, 6) is -2.96. The summed E-state index contributed by atoms with van der Waals surface area (Å²) in [6.07, 6.45) is 4.47. The lowest BCUT2D eigenvalue weighted by Gasteiger charge is -2.24. The standard InChI is InChI=1S/C27H28F2O5/c1-14-19(3-2-4-20(14)28)27(11-12-27)23(31)10-9-16-17-7-5-15-6-8-18(26(32)33)24(29)25(15)34-22(17)13-21(16)30/h2-4,6,8-10,16-17,21-23,30-31H,5,7,11-13H2,1H3,(H,32,33)/b10-9+/t16-,17-,21-,22+,23?/m1/s1. The highest BCUT2D eigenvalue weighted by atomic mass is 19.1. The first-order valence-electron chi connectivity index (χ1n) is 11.7. The highest BCUT2D eigenvalue weighted by Gasteiger charge is 2.51. The SMILES string of the molecule is Cc1c(F)cccc1C1(C(O)/C=C/[C@@H]2[C@H]3CCc4ccc(C(=O)O)c(F)c4O[C@H]3C[C@H]2O)CC1. The maximum absolute atomic E-state index is 14.8. The summed E-state index contributed by atoms with van der Waals surface area (Å²) in [7, 11) is 0. The molecule has 2 saturated carbocycles. The molecule has 5 rings (SSSR count). The van der Waals surface area contributed by atoms with Crippen molar-refractivity contribution in [3.8, 4) is 5.75 Å². The fourth-order valence-electron chi connectivity index (χ4n) is 5.87. The lowest BCUT2D eigenvalue weighted by atomic mass is 9.84. The molecule has 2 aromatic rings. The Labute approximate surface area is 196 Å². The monoisotopic (exact) mass is 470 g/mol. The second kappa shape index (κ2) is 8.47. The predicted molar refractivity (Wildman–Crippen MR) is 121 cm³/mol. The Morgan fingerprint density at radius 1 is 1.24 bits per heavy atom. The van der Waals surface area contributed by atoms with E-state index in [1.165, 1.54) is 12.1 Å². The van der Waals surface area contributed by atoms with Crippen LogP contribution in [0.25, 0.3) is 0 Å². The van der Waals surface area contributed by atoms with Crippen molar-refractivity contribution in [2.24, 2.45) is 11.8 Å². The third-order valence-corrected chi connectivity index (χ3v) is 7.99. The number of carboxylic acid groups (broad SMARTS) is 1. The number of aryl methyl sites for hydroxylation is 1. The van der Waals surface area contributed by atoms with E-state index in [1.807, 2.05) is 12.1 Å². The van der Waals surface area contributed by atoms with Gasteiger partial charge in [0.1, 0.15) is 11.9 Å². The Morgan fingerprint density at radius 3 is 2.71 bits per heavy atom. The van der Waals surface area contributed by atoms with Crippen LogP contribution in [0.4, 0.5) is 8.78 Å². The van der Waals surface area contributed by atoms with Crippen LogP contribution in [-0.4, -0.2) is 39.6 Å². The Kier molecular flexibility index (Phi) is 5.73. The molecule has 5 atom stereocenters. The van der Waals surface area contributed by atoms with Crippen molar-refractivity contribution in [3.63, 3.8) is 0 Å². The van der Waals surface area contributed by atoms with E-state index in [2.05, 4.69) is 0 Å². The maximum atomic E-state index is 14.8. The Morgan fingerprint density at radius 2 is 2.00 bits per heavy atom. The predicted octanol–water partition coefficient (Wildman–Crippen LogP) is 4.31. The number of halogens is 2. The van der Waals surface area contributed by atoms with Gasteiger partial charge in [-0.05, 0) is 61.4 Å². The molecule has 1 unspecified atom stereocenters. The topological polar surface area (TPSA) is 87.0 Å². The van der Waals surface area contributed by atoms with Gasteiger partial charge in [-0.15, -0.1) is 0 Å². The van der Waals surface area contributed by atoms with E-state index in [9.17, 15) is 28.9 Å². The lowest BCUT2D eigenvalue weighted by molar-refractivity contribution is 0.0688. The average molecular weight is 471 g/mol. The number of fused-ring (bicyclic) bond motifs is 2. The molecule has 3 N–H and O–H groups in total. The smallest absolute Gasteiger partial charge is 0.338 e. The molecule has 34 heavy (non-hydrogen) atoms. The first-order valence-corrected chi connectivity index (χ1v) is 11.7. The average Bonchev–Trinajstić information content (AvgIpc) is 3.57. The van der Waals surface area contributed by atoms with Gasteiger partial charge in [0.25, 0.3) is 0 Å². The summed E-state index contributed by atoms with van der Waals surface area (Å²) in [5.41, 5.74) is 1.03. The van der Waals surface area contributed by atoms with Crippen LogP contribution in [-0.2, 0) is 11.8 Å². The van der Waals surface area contributed by atoms with Gasteiger partial charge in [0.15, 0.2) is 11.6 Å². The van der Waals surface area contributed by atoms with Crippen LogP contribution < -0.4 is 4.74 Å². The van der Waals surface area contributed by atoms with Crippen molar-refractivity contribution in [2.45, 2.75) is 62.8 Å². The van der Waals surface area contributed by atoms with E-state index < -0.39 is 41.1 Å². The molecular formula is C27H28F2O5. The van der Waals surface area contributed by atoms with Crippen LogP contribution in [0.1, 0.15) is 52.7 Å². The zero-order chi connectivity index (χ0) is 24.2. The normalized spacial score (nSPS) is 28.0. The second-order valence-corrected chi connectivity index (χ2v) is 9.86. The lowest BCUT2D eigenvalue weighted by Crippen LogP contribution is -2.27. The van der Waals surface area contributed by atoms with Crippen LogP contribution >= 0.6 is 0 Å². The van der Waals surface area contributed by atoms with Gasteiger partial charge in [0, 0.05) is 23.7 Å². The minimum absolute atomic E-state index is 0.0391. The molecule has 180 valence electrons. The largest absolute Gasteiger partial charge is 0.487 e. The quantitative estimate of drug-likeness (QED) is 0.567. The van der Waals surface area contributed by atoms with Gasteiger partial charge < -0.3 is 20.1 Å². The molecule has 7 heteroatoms. The number of rotatable bonds is 5. The molecule has 0 amide bonds. The fraction of sp³-hybridized carbons (Fsp3) is 0.444. The molecule has 1 heterocycles. The Hall–Kier alpha value is -2.77. The van der Waals surface area contributed by atoms with Crippen molar-refractivity contribution >= 4 is 5.97 Å². The molecule has 5 nitrogen and oxygen atoms in total. The fourth-order valence-corrected chi connectivity index (χ4v) is 5.87. The zero-order valence-corrected chi connectivity index (χ0v) is 18.9. The molecule has 0 bridgehead atoms. The molecular weight excluding hydrogens is 442 g/mol. The molecule has 0 saturated heterocycles. The summed E-state index contributed by atoms with van der Waals surface area (Å²) in [4.78, 5) is 11.3. The third kappa shape index (κ3) is 3.71. The number of aliphatic hydroxyl groups is 2. The van der Waals surface area contributed by atoms with Crippen molar-refractivity contribution in [1.82, 2.24) is 0 Å². The van der Waals surface area contributed by atoms with E-state index in [4.69, 9.17) is 4.74 Å². The highest BCUT2D eigenvalue weighted by molar-refractivity contribution is 5.88. The van der Waals surface area contributed by atoms with Gasteiger partial charge in [-0.3, -0.25) is 0 Å². The number of benzene rings is 2. The molecule has 2 aromatic carbocycles. The molecule has 0 aromatic heterocycles. The molecule has 0 radical (unpaired) electrons. The van der Waals surface area contributed by atoms with Crippen LogP contribution in [0.15, 0.2) is 42.5 Å². The Balaban J connectivity index is 1.36. The summed E-state index contributed by atoms with van der Waals surface area (Å²) in [5, 5.41) is 31.0. The van der Waals surface area contributed by atoms with Gasteiger partial charge in [-0.2, -0.15) is 0 Å². The van der Waals surface area contributed by atoms with Crippen molar-refractivity contribution in [3.05, 3.63) is 76.4 Å². The van der Waals surface area contributed by atoms with E-state index in [1.54, 1.807) is 25.1 Å². The van der Waals surface area contributed by atoms with Crippen LogP contribution in [0.5, 0.6) is 5.75 Å². The number of aromatic carboxylic acids is 1. The molecule has 0 spiro atoms. The minimum atomic E-state index is -1.35. The van der Waals surface area contributed by atoms with E-state index in [0.717, 1.165) is 18.4 Å². The van der Waals surface area contributed by atoms with E-state index in [-0.39, 0.29) is 23.4 Å². The number of ether oxygens (including phenoxy) is 1. The molecule has 1 aliphatic heterocycles. The van der Waals surface area contributed by atoms with Gasteiger partial charge in [-0.25, -0.2) is 13.6 Å². The zero-order valence-electron chi connectivity index (χ0n) is 18.9. The number of carboxylic acids is 1. The summed E-state index contributed by atoms with van der Waals surface area (Å²) < 4.78 is 34.9. The van der Waals surface area contributed by atoms with Crippen molar-refractivity contribution in [1.29, 1.82) is 0 Å². The highest BCUT2D eigenvalue weighted by Crippen LogP contribution is 2.53.